The van der Waals surface area contributed by atoms with Gasteiger partial charge in [0.2, 0.25) is 0 Å². The highest BCUT2D eigenvalue weighted by Crippen LogP contribution is 2.08. The molecule has 0 amide bonds. The maximum absolute atomic E-state index is 11.3. The first-order valence-corrected chi connectivity index (χ1v) is 3.99. The molecule has 3 N–H and O–H groups in total. The third-order valence-electron chi connectivity index (χ3n) is 1.78. The van der Waals surface area contributed by atoms with Gasteiger partial charge in [0.1, 0.15) is 5.69 Å². The van der Waals surface area contributed by atoms with Crippen LogP contribution in [0, 0.1) is 5.92 Å². The van der Waals surface area contributed by atoms with Gasteiger partial charge in [-0.25, -0.2) is 4.98 Å². The molecule has 7 heteroatoms. The van der Waals surface area contributed by atoms with Crippen molar-refractivity contribution in [2.75, 3.05) is 0 Å². The van der Waals surface area contributed by atoms with Crippen LogP contribution < -0.4 is 0 Å². The lowest BCUT2D eigenvalue weighted by atomic mass is 10.0. The number of nitrogens with zero attached hydrogens (tertiary/aromatic N) is 1. The van der Waals surface area contributed by atoms with Gasteiger partial charge >= 0.3 is 11.9 Å². The Morgan fingerprint density at radius 2 is 1.93 bits per heavy atom. The predicted octanol–water partition coefficient (Wildman–Crippen LogP) is -0.232. The number of imidazole rings is 1. The first-order valence-electron chi connectivity index (χ1n) is 3.99. The van der Waals surface area contributed by atoms with Crippen molar-refractivity contribution in [3.05, 3.63) is 18.2 Å². The first kappa shape index (κ1) is 10.9. The Balaban J connectivity index is 2.72. The Morgan fingerprint density at radius 3 is 2.33 bits per heavy atom. The van der Waals surface area contributed by atoms with Crippen LogP contribution in [0.5, 0.6) is 0 Å². The van der Waals surface area contributed by atoms with E-state index in [0.29, 0.717) is 0 Å². The molecule has 0 fully saturated rings. The number of nitrogens with one attached hydrogen (secondary N) is 1. The van der Waals surface area contributed by atoms with E-state index in [-0.39, 0.29) is 5.69 Å². The highest BCUT2D eigenvalue weighted by Gasteiger charge is 2.29. The number of aliphatic carboxylic acids is 2. The fraction of sp³-hybridized carbons (Fsp3) is 0.250. The van der Waals surface area contributed by atoms with Crippen molar-refractivity contribution in [2.24, 2.45) is 5.92 Å². The number of ketones is 1. The topological polar surface area (TPSA) is 120 Å². The molecule has 0 unspecified atom stereocenters. The van der Waals surface area contributed by atoms with Crippen molar-refractivity contribution in [1.82, 2.24) is 9.97 Å². The van der Waals surface area contributed by atoms with Gasteiger partial charge in [0.15, 0.2) is 11.7 Å². The molecular formula is C8H8N2O5. The molecule has 80 valence electrons. The van der Waals surface area contributed by atoms with Crippen molar-refractivity contribution < 1.29 is 24.6 Å². The molecular weight excluding hydrogens is 204 g/mol. The Morgan fingerprint density at radius 1 is 1.33 bits per heavy atom. The van der Waals surface area contributed by atoms with E-state index in [1.165, 1.54) is 12.5 Å². The van der Waals surface area contributed by atoms with E-state index in [1.54, 1.807) is 0 Å². The van der Waals surface area contributed by atoms with Gasteiger partial charge in [-0.15, -0.1) is 0 Å². The summed E-state index contributed by atoms with van der Waals surface area (Å²) in [6, 6.07) is 0. The standard InChI is InChI=1S/C8H8N2O5/c11-6(5-2-9-3-10-5)1-4(7(12)13)8(14)15/h2-4H,1H2,(H,9,10)(H,12,13)(H,14,15). The Hall–Kier alpha value is -2.18. The third kappa shape index (κ3) is 2.63. The maximum atomic E-state index is 11.3. The number of Topliss-reactive ketones (excluding diaryl/α,β-unsaturated/α-hetero) is 1. The van der Waals surface area contributed by atoms with Gasteiger partial charge in [0, 0.05) is 6.42 Å². The van der Waals surface area contributed by atoms with Gasteiger partial charge < -0.3 is 15.2 Å². The smallest absolute Gasteiger partial charge is 0.318 e. The van der Waals surface area contributed by atoms with Gasteiger partial charge in [-0.3, -0.25) is 14.4 Å². The number of carboxylic acid groups (broad SMARTS) is 2. The molecule has 0 saturated heterocycles. The van der Waals surface area contributed by atoms with Gasteiger partial charge in [-0.1, -0.05) is 0 Å². The number of aromatic amines is 1. The van der Waals surface area contributed by atoms with Crippen LogP contribution in [-0.4, -0.2) is 37.9 Å². The van der Waals surface area contributed by atoms with Crippen molar-refractivity contribution in [3.63, 3.8) is 0 Å². The average molecular weight is 212 g/mol. The molecule has 0 bridgehead atoms. The summed E-state index contributed by atoms with van der Waals surface area (Å²) >= 11 is 0. The van der Waals surface area contributed by atoms with Crippen molar-refractivity contribution in [2.45, 2.75) is 6.42 Å². The summed E-state index contributed by atoms with van der Waals surface area (Å²) < 4.78 is 0. The SMILES string of the molecule is O=C(CC(C(=O)O)C(=O)O)c1cnc[nH]1. The lowest BCUT2D eigenvalue weighted by molar-refractivity contribution is -0.154. The van der Waals surface area contributed by atoms with E-state index >= 15 is 0 Å². The van der Waals surface area contributed by atoms with Crippen LogP contribution in [0.15, 0.2) is 12.5 Å². The van der Waals surface area contributed by atoms with E-state index in [0.717, 1.165) is 0 Å². The minimum Gasteiger partial charge on any atom is -0.481 e. The van der Waals surface area contributed by atoms with Crippen LogP contribution in [0.3, 0.4) is 0 Å². The molecule has 15 heavy (non-hydrogen) atoms. The molecule has 0 spiro atoms. The fourth-order valence-corrected chi connectivity index (χ4v) is 0.984. The molecule has 0 atom stereocenters. The van der Waals surface area contributed by atoms with E-state index < -0.39 is 30.1 Å². The molecule has 1 aromatic heterocycles. The van der Waals surface area contributed by atoms with Crippen LogP contribution >= 0.6 is 0 Å². The molecule has 0 aliphatic carbocycles. The van der Waals surface area contributed by atoms with E-state index in [4.69, 9.17) is 10.2 Å². The van der Waals surface area contributed by atoms with Crippen molar-refractivity contribution in [1.29, 1.82) is 0 Å². The minimum absolute atomic E-state index is 0.0995. The molecule has 0 saturated carbocycles. The molecule has 0 aliphatic rings. The highest BCUT2D eigenvalue weighted by atomic mass is 16.4. The summed E-state index contributed by atoms with van der Waals surface area (Å²) in [4.78, 5) is 38.3. The second-order valence-corrected chi connectivity index (χ2v) is 2.82. The zero-order valence-electron chi connectivity index (χ0n) is 7.51. The molecule has 7 nitrogen and oxygen atoms in total. The molecule has 0 aliphatic heterocycles. The lowest BCUT2D eigenvalue weighted by Crippen LogP contribution is -2.26. The molecule has 0 radical (unpaired) electrons. The number of hydrogen-bond acceptors (Lipinski definition) is 4. The van der Waals surface area contributed by atoms with Gasteiger partial charge in [-0.05, 0) is 0 Å². The number of carboxylic acids is 2. The van der Waals surface area contributed by atoms with E-state index in [2.05, 4.69) is 9.97 Å². The lowest BCUT2D eigenvalue weighted by Gasteiger charge is -2.04. The number of hydrogen-bond donors (Lipinski definition) is 3. The summed E-state index contributed by atoms with van der Waals surface area (Å²) in [5.74, 6) is -5.38. The molecule has 1 rings (SSSR count). The Labute approximate surface area is 83.8 Å². The third-order valence-corrected chi connectivity index (χ3v) is 1.78. The minimum atomic E-state index is -1.72. The van der Waals surface area contributed by atoms with Crippen molar-refractivity contribution >= 4 is 17.7 Å². The van der Waals surface area contributed by atoms with Gasteiger partial charge in [0.05, 0.1) is 12.5 Å². The van der Waals surface area contributed by atoms with E-state index in [1.807, 2.05) is 0 Å². The molecule has 1 aromatic rings. The summed E-state index contributed by atoms with van der Waals surface area (Å²) in [5, 5.41) is 17.1. The Bertz CT molecular complexity index is 370. The number of carbonyl (C=O) groups excluding carboxylic acids is 1. The monoisotopic (exact) mass is 212 g/mol. The summed E-state index contributed by atoms with van der Waals surface area (Å²) in [5.41, 5.74) is 0.0995. The van der Waals surface area contributed by atoms with Crippen LogP contribution in [0.1, 0.15) is 16.9 Å². The molecule has 1 heterocycles. The first-order chi connectivity index (χ1) is 7.02. The normalized spacial score (nSPS) is 10.2. The zero-order valence-corrected chi connectivity index (χ0v) is 7.51. The zero-order chi connectivity index (χ0) is 11.4. The van der Waals surface area contributed by atoms with Crippen LogP contribution in [0.25, 0.3) is 0 Å². The fourth-order valence-electron chi connectivity index (χ4n) is 0.984. The van der Waals surface area contributed by atoms with Gasteiger partial charge in [-0.2, -0.15) is 0 Å². The van der Waals surface area contributed by atoms with Crippen LogP contribution in [0.2, 0.25) is 0 Å². The molecule has 0 aromatic carbocycles. The number of rotatable bonds is 5. The summed E-state index contributed by atoms with van der Waals surface area (Å²) in [6.07, 6.45) is 1.87. The van der Waals surface area contributed by atoms with Crippen LogP contribution in [-0.2, 0) is 9.59 Å². The summed E-state index contributed by atoms with van der Waals surface area (Å²) in [6.45, 7) is 0. The largest absolute Gasteiger partial charge is 0.481 e. The quantitative estimate of drug-likeness (QED) is 0.458. The second kappa shape index (κ2) is 4.36. The number of aromatic nitrogens is 2. The predicted molar refractivity (Wildman–Crippen MR) is 46.3 cm³/mol. The maximum Gasteiger partial charge on any atom is 0.318 e. The summed E-state index contributed by atoms with van der Waals surface area (Å²) in [7, 11) is 0. The van der Waals surface area contributed by atoms with Gasteiger partial charge in [0.25, 0.3) is 0 Å². The van der Waals surface area contributed by atoms with Crippen molar-refractivity contribution in [3.8, 4) is 0 Å². The van der Waals surface area contributed by atoms with E-state index in [9.17, 15) is 14.4 Å². The highest BCUT2D eigenvalue weighted by molar-refractivity contribution is 6.02. The number of H-pyrrole nitrogens is 1. The second-order valence-electron chi connectivity index (χ2n) is 2.82. The average Bonchev–Trinajstić information content (AvgIpc) is 2.65. The number of carbonyl (C=O) groups is 3. The van der Waals surface area contributed by atoms with Crippen LogP contribution in [0.4, 0.5) is 0 Å². The Kier molecular flexibility index (Phi) is 3.17.